The predicted molar refractivity (Wildman–Crippen MR) is 59.5 cm³/mol. The molecule has 0 atom stereocenters. The molecule has 2 aromatic carbocycles. The van der Waals surface area contributed by atoms with Crippen molar-refractivity contribution in [2.24, 2.45) is 0 Å². The minimum atomic E-state index is -2.84. The molecule has 0 radical (unpaired) electrons. The van der Waals surface area contributed by atoms with E-state index in [9.17, 15) is 30.7 Å². The minimum Gasteiger partial charge on any atom is -0.509 e. The maximum atomic E-state index is 13.6. The lowest BCUT2D eigenvalue weighted by Crippen LogP contribution is -2.22. The van der Waals surface area contributed by atoms with Crippen LogP contribution in [0.1, 0.15) is 0 Å². The Labute approximate surface area is 117 Å². The number of halogens is 7. The summed E-state index contributed by atoms with van der Waals surface area (Å²) in [6, 6.07) is 0. The fraction of sp³-hybridized carbons (Fsp3) is 0. The maximum Gasteiger partial charge on any atom is 0.707 e. The molecule has 2 rings (SSSR count). The van der Waals surface area contributed by atoms with E-state index in [1.807, 2.05) is 0 Å². The summed E-state index contributed by atoms with van der Waals surface area (Å²) in [7, 11) is -2.84. The van der Waals surface area contributed by atoms with Crippen LogP contribution in [-0.2, 0) is 0 Å². The molecule has 0 bridgehead atoms. The fourth-order valence-corrected chi connectivity index (χ4v) is 1.68. The standard InChI is InChI=1S/C10H2BF7O3.H3N/c12-3-1-2(5(14)7(16)6(3)15)10(21-11(19)20)9(18)8(17)4(1)13;/h19-20H;1H3. The van der Waals surface area contributed by atoms with Crippen LogP contribution in [0.4, 0.5) is 30.7 Å². The molecule has 0 spiro atoms. The first-order valence-electron chi connectivity index (χ1n) is 5.03. The molecule has 0 unspecified atom stereocenters. The molecule has 0 aliphatic rings. The average molecular weight is 331 g/mol. The van der Waals surface area contributed by atoms with Crippen LogP contribution in [0.15, 0.2) is 0 Å². The van der Waals surface area contributed by atoms with Gasteiger partial charge in [-0.3, -0.25) is 0 Å². The van der Waals surface area contributed by atoms with E-state index in [2.05, 4.69) is 4.65 Å². The summed E-state index contributed by atoms with van der Waals surface area (Å²) in [5.41, 5.74) is 0. The molecule has 0 fully saturated rings. The number of hydrogen-bond acceptors (Lipinski definition) is 4. The third-order valence-electron chi connectivity index (χ3n) is 2.52. The molecule has 0 saturated carbocycles. The second kappa shape index (κ2) is 5.98. The monoisotopic (exact) mass is 331 g/mol. The van der Waals surface area contributed by atoms with E-state index in [1.54, 1.807) is 0 Å². The molecular weight excluding hydrogens is 326 g/mol. The van der Waals surface area contributed by atoms with Gasteiger partial charge in [0.2, 0.25) is 5.82 Å². The first-order valence-corrected chi connectivity index (χ1v) is 5.03. The highest BCUT2D eigenvalue weighted by molar-refractivity contribution is 6.34. The molecule has 22 heavy (non-hydrogen) atoms. The first kappa shape index (κ1) is 18.0. The summed E-state index contributed by atoms with van der Waals surface area (Å²) in [4.78, 5) is 0. The lowest BCUT2D eigenvalue weighted by molar-refractivity contribution is 0.279. The van der Waals surface area contributed by atoms with Crippen LogP contribution in [0.3, 0.4) is 0 Å². The Bertz CT molecular complexity index is 748. The molecule has 0 saturated heterocycles. The quantitative estimate of drug-likeness (QED) is 0.341. The zero-order valence-corrected chi connectivity index (χ0v) is 10.2. The van der Waals surface area contributed by atoms with Crippen LogP contribution >= 0.6 is 0 Å². The van der Waals surface area contributed by atoms with Crippen LogP contribution in [0, 0.1) is 40.7 Å². The smallest absolute Gasteiger partial charge is 0.509 e. The molecule has 12 heteroatoms. The van der Waals surface area contributed by atoms with Crippen LogP contribution in [0.2, 0.25) is 0 Å². The Kier molecular flexibility index (Phi) is 4.90. The molecule has 5 N–H and O–H groups in total. The van der Waals surface area contributed by atoms with Gasteiger partial charge in [0.1, 0.15) is 0 Å². The van der Waals surface area contributed by atoms with E-state index in [0.717, 1.165) is 0 Å². The van der Waals surface area contributed by atoms with Crippen molar-refractivity contribution in [1.29, 1.82) is 0 Å². The van der Waals surface area contributed by atoms with E-state index in [0.29, 0.717) is 0 Å². The molecule has 0 aromatic heterocycles. The van der Waals surface area contributed by atoms with Crippen LogP contribution in [-0.4, -0.2) is 17.4 Å². The Morgan fingerprint density at radius 3 is 1.36 bits per heavy atom. The first-order chi connectivity index (χ1) is 9.68. The zero-order chi connectivity index (χ0) is 16.1. The fourth-order valence-electron chi connectivity index (χ4n) is 1.68. The lowest BCUT2D eigenvalue weighted by Gasteiger charge is -2.13. The maximum absolute atomic E-state index is 13.6. The van der Waals surface area contributed by atoms with Gasteiger partial charge in [0.05, 0.1) is 10.8 Å². The van der Waals surface area contributed by atoms with Crippen LogP contribution in [0.5, 0.6) is 5.75 Å². The van der Waals surface area contributed by atoms with E-state index in [-0.39, 0.29) is 6.15 Å². The third-order valence-corrected chi connectivity index (χ3v) is 2.52. The van der Waals surface area contributed by atoms with Gasteiger partial charge in [0.15, 0.2) is 40.7 Å². The summed E-state index contributed by atoms with van der Waals surface area (Å²) in [6.07, 6.45) is 0. The SMILES string of the molecule is N.OB(O)Oc1c(F)c(F)c(F)c2c(F)c(F)c(F)c(F)c12. The Balaban J connectivity index is 0.00000242. The van der Waals surface area contributed by atoms with Crippen LogP contribution in [0.25, 0.3) is 10.8 Å². The van der Waals surface area contributed by atoms with Crippen molar-refractivity contribution in [1.82, 2.24) is 6.15 Å². The number of fused-ring (bicyclic) bond motifs is 1. The van der Waals surface area contributed by atoms with E-state index >= 15 is 0 Å². The normalized spacial score (nSPS) is 10.6. The van der Waals surface area contributed by atoms with Crippen molar-refractivity contribution in [3.8, 4) is 5.75 Å². The molecule has 120 valence electrons. The molecule has 0 aliphatic heterocycles. The van der Waals surface area contributed by atoms with Crippen LogP contribution < -0.4 is 10.8 Å². The Morgan fingerprint density at radius 2 is 0.955 bits per heavy atom. The second-order valence-electron chi connectivity index (χ2n) is 3.72. The summed E-state index contributed by atoms with van der Waals surface area (Å²) < 4.78 is 97.1. The largest absolute Gasteiger partial charge is 0.707 e. The van der Waals surface area contributed by atoms with E-state index in [1.165, 1.54) is 0 Å². The number of rotatable bonds is 2. The van der Waals surface area contributed by atoms with Crippen molar-refractivity contribution < 1.29 is 45.4 Å². The predicted octanol–water partition coefficient (Wildman–Crippen LogP) is 2.32. The van der Waals surface area contributed by atoms with E-state index < -0.39 is 64.6 Å². The molecule has 4 nitrogen and oxygen atoms in total. The van der Waals surface area contributed by atoms with Gasteiger partial charge in [-0.15, -0.1) is 0 Å². The summed E-state index contributed by atoms with van der Waals surface area (Å²) in [5.74, 6) is -18.3. The van der Waals surface area contributed by atoms with Crippen molar-refractivity contribution in [3.63, 3.8) is 0 Å². The van der Waals surface area contributed by atoms with Gasteiger partial charge >= 0.3 is 7.32 Å². The molecular formula is C10H5BF7NO3. The number of benzene rings is 2. The second-order valence-corrected chi connectivity index (χ2v) is 3.72. The molecule has 2 aromatic rings. The highest BCUT2D eigenvalue weighted by Crippen LogP contribution is 2.38. The van der Waals surface area contributed by atoms with Gasteiger partial charge in [-0.25, -0.2) is 26.3 Å². The highest BCUT2D eigenvalue weighted by Gasteiger charge is 2.32. The number of hydrogen-bond donors (Lipinski definition) is 3. The summed E-state index contributed by atoms with van der Waals surface area (Å²) in [6.45, 7) is 0. The molecule has 0 aliphatic carbocycles. The topological polar surface area (TPSA) is 84.7 Å². The molecule has 0 heterocycles. The molecule has 0 amide bonds. The van der Waals surface area contributed by atoms with Crippen molar-refractivity contribution in [3.05, 3.63) is 40.7 Å². The summed E-state index contributed by atoms with van der Waals surface area (Å²) in [5, 5.41) is 13.6. The Morgan fingerprint density at radius 1 is 0.591 bits per heavy atom. The summed E-state index contributed by atoms with van der Waals surface area (Å²) >= 11 is 0. The van der Waals surface area contributed by atoms with Gasteiger partial charge in [-0.2, -0.15) is 4.39 Å². The zero-order valence-electron chi connectivity index (χ0n) is 10.2. The average Bonchev–Trinajstić information content (AvgIpc) is 2.42. The van der Waals surface area contributed by atoms with E-state index in [4.69, 9.17) is 10.0 Å². The van der Waals surface area contributed by atoms with Crippen molar-refractivity contribution in [2.45, 2.75) is 0 Å². The van der Waals surface area contributed by atoms with Crippen molar-refractivity contribution >= 4 is 18.1 Å². The van der Waals surface area contributed by atoms with Gasteiger partial charge in [0, 0.05) is 0 Å². The lowest BCUT2D eigenvalue weighted by atomic mass is 10.0. The van der Waals surface area contributed by atoms with Crippen molar-refractivity contribution in [2.75, 3.05) is 0 Å². The van der Waals surface area contributed by atoms with Gasteiger partial charge in [0.25, 0.3) is 0 Å². The minimum absolute atomic E-state index is 0. The van der Waals surface area contributed by atoms with Gasteiger partial charge in [-0.05, 0) is 0 Å². The van der Waals surface area contributed by atoms with Gasteiger partial charge < -0.3 is 20.9 Å². The van der Waals surface area contributed by atoms with Gasteiger partial charge in [-0.1, -0.05) is 0 Å². The third kappa shape index (κ3) is 2.44. The Hall–Kier alpha value is -2.05. The highest BCUT2D eigenvalue weighted by atomic mass is 19.2.